The molecule has 0 aliphatic rings. The molecule has 0 bridgehead atoms. The fourth-order valence-electron chi connectivity index (χ4n) is 1.61. The van der Waals surface area contributed by atoms with Crippen LogP contribution in [0.3, 0.4) is 0 Å². The molecule has 0 saturated carbocycles. The second-order valence-electron chi connectivity index (χ2n) is 4.19. The van der Waals surface area contributed by atoms with E-state index in [0.29, 0.717) is 19.6 Å². The highest BCUT2D eigenvalue weighted by Crippen LogP contribution is 2.13. The summed E-state index contributed by atoms with van der Waals surface area (Å²) in [6.07, 6.45) is 2.70. The number of thioether (sulfide) groups is 1. The third kappa shape index (κ3) is 7.03. The first-order valence-electron chi connectivity index (χ1n) is 6.41. The molecular weight excluding hydrogens is 296 g/mol. The van der Waals surface area contributed by atoms with E-state index in [0.717, 1.165) is 17.1 Å². The van der Waals surface area contributed by atoms with Crippen molar-refractivity contribution >= 4 is 30.1 Å². The van der Waals surface area contributed by atoms with Crippen LogP contribution in [0.15, 0.2) is 24.3 Å². The lowest BCUT2D eigenvalue weighted by Gasteiger charge is -2.12. The zero-order valence-corrected chi connectivity index (χ0v) is 13.6. The van der Waals surface area contributed by atoms with E-state index in [1.54, 1.807) is 11.8 Å². The zero-order chi connectivity index (χ0) is 14.1. The van der Waals surface area contributed by atoms with Gasteiger partial charge in [0.25, 0.3) is 0 Å². The standard InChI is InChI=1S/C14H22N2O2S.ClH/c1-3-18-12-6-4-5-11(9-12)10-16-14(17)13(15)7-8-19-2;/h4-6,9,13H,3,7-8,10,15H2,1-2H3,(H,16,17);1H/t13-;/m0./s1. The number of benzene rings is 1. The number of hydrogen-bond donors (Lipinski definition) is 2. The third-order valence-electron chi connectivity index (χ3n) is 2.65. The summed E-state index contributed by atoms with van der Waals surface area (Å²) in [5.74, 6) is 1.62. The van der Waals surface area contributed by atoms with Gasteiger partial charge in [-0.3, -0.25) is 4.79 Å². The van der Waals surface area contributed by atoms with Crippen LogP contribution in [-0.4, -0.2) is 30.6 Å². The lowest BCUT2D eigenvalue weighted by molar-refractivity contribution is -0.122. The lowest BCUT2D eigenvalue weighted by Crippen LogP contribution is -2.40. The van der Waals surface area contributed by atoms with Crippen LogP contribution in [0.4, 0.5) is 0 Å². The number of ether oxygens (including phenoxy) is 1. The SMILES string of the molecule is CCOc1cccc(CNC(=O)[C@@H](N)CCSC)c1.Cl. The van der Waals surface area contributed by atoms with Gasteiger partial charge in [-0.15, -0.1) is 12.4 Å². The van der Waals surface area contributed by atoms with Crippen LogP contribution in [0.1, 0.15) is 18.9 Å². The molecule has 6 heteroatoms. The molecule has 3 N–H and O–H groups in total. The zero-order valence-electron chi connectivity index (χ0n) is 11.9. The van der Waals surface area contributed by atoms with Gasteiger partial charge >= 0.3 is 0 Å². The highest BCUT2D eigenvalue weighted by molar-refractivity contribution is 7.98. The molecule has 4 nitrogen and oxygen atoms in total. The Morgan fingerprint density at radius 1 is 1.50 bits per heavy atom. The Labute approximate surface area is 131 Å². The molecular formula is C14H23ClN2O2S. The van der Waals surface area contributed by atoms with Gasteiger partial charge in [-0.2, -0.15) is 11.8 Å². The number of carbonyl (C=O) groups excluding carboxylic acids is 1. The number of hydrogen-bond acceptors (Lipinski definition) is 4. The van der Waals surface area contributed by atoms with Crippen molar-refractivity contribution in [2.75, 3.05) is 18.6 Å². The highest BCUT2D eigenvalue weighted by atomic mass is 35.5. The summed E-state index contributed by atoms with van der Waals surface area (Å²) in [7, 11) is 0. The summed E-state index contributed by atoms with van der Waals surface area (Å²) >= 11 is 1.69. The fraction of sp³-hybridized carbons (Fsp3) is 0.500. The van der Waals surface area contributed by atoms with E-state index in [1.807, 2.05) is 37.4 Å². The number of carbonyl (C=O) groups is 1. The first-order chi connectivity index (χ1) is 9.17. The second-order valence-corrected chi connectivity index (χ2v) is 5.17. The molecule has 0 spiro atoms. The number of halogens is 1. The number of nitrogens with one attached hydrogen (secondary N) is 1. The fourth-order valence-corrected chi connectivity index (χ4v) is 2.10. The molecule has 1 aromatic carbocycles. The molecule has 1 rings (SSSR count). The van der Waals surface area contributed by atoms with Crippen molar-refractivity contribution in [2.45, 2.75) is 25.9 Å². The van der Waals surface area contributed by atoms with Gasteiger partial charge in [0.2, 0.25) is 5.91 Å². The van der Waals surface area contributed by atoms with E-state index < -0.39 is 6.04 Å². The van der Waals surface area contributed by atoms with Gasteiger partial charge in [-0.1, -0.05) is 12.1 Å². The summed E-state index contributed by atoms with van der Waals surface area (Å²) in [4.78, 5) is 11.8. The molecule has 1 atom stereocenters. The summed E-state index contributed by atoms with van der Waals surface area (Å²) in [6, 6.07) is 7.27. The average Bonchev–Trinajstić information content (AvgIpc) is 2.43. The van der Waals surface area contributed by atoms with Crippen molar-refractivity contribution in [3.05, 3.63) is 29.8 Å². The minimum absolute atomic E-state index is 0. The van der Waals surface area contributed by atoms with Crippen LogP contribution in [0, 0.1) is 0 Å². The second kappa shape index (κ2) is 10.8. The van der Waals surface area contributed by atoms with E-state index in [9.17, 15) is 4.79 Å². The van der Waals surface area contributed by atoms with Crippen LogP contribution in [0.25, 0.3) is 0 Å². The maximum absolute atomic E-state index is 11.8. The van der Waals surface area contributed by atoms with E-state index in [1.165, 1.54) is 0 Å². The average molecular weight is 319 g/mol. The number of amides is 1. The predicted molar refractivity (Wildman–Crippen MR) is 87.7 cm³/mol. The van der Waals surface area contributed by atoms with Crippen molar-refractivity contribution in [2.24, 2.45) is 5.73 Å². The lowest BCUT2D eigenvalue weighted by atomic mass is 10.2. The smallest absolute Gasteiger partial charge is 0.237 e. The maximum atomic E-state index is 11.8. The largest absolute Gasteiger partial charge is 0.494 e. The van der Waals surface area contributed by atoms with Gasteiger partial charge in [0.15, 0.2) is 0 Å². The quantitative estimate of drug-likeness (QED) is 0.771. The Morgan fingerprint density at radius 2 is 2.25 bits per heavy atom. The first-order valence-corrected chi connectivity index (χ1v) is 7.80. The van der Waals surface area contributed by atoms with Gasteiger partial charge in [0, 0.05) is 6.54 Å². The first kappa shape index (κ1) is 19.1. The van der Waals surface area contributed by atoms with Gasteiger partial charge < -0.3 is 15.8 Å². The van der Waals surface area contributed by atoms with Crippen molar-refractivity contribution in [3.8, 4) is 5.75 Å². The van der Waals surface area contributed by atoms with Crippen molar-refractivity contribution in [1.82, 2.24) is 5.32 Å². The molecule has 1 aromatic rings. The van der Waals surface area contributed by atoms with Crippen LogP contribution in [-0.2, 0) is 11.3 Å². The normalized spacial score (nSPS) is 11.3. The van der Waals surface area contributed by atoms with Crippen molar-refractivity contribution < 1.29 is 9.53 Å². The molecule has 114 valence electrons. The van der Waals surface area contributed by atoms with Crippen molar-refractivity contribution in [3.63, 3.8) is 0 Å². The molecule has 0 saturated heterocycles. The Bertz CT molecular complexity index is 405. The maximum Gasteiger partial charge on any atom is 0.237 e. The Balaban J connectivity index is 0.00000361. The molecule has 0 unspecified atom stereocenters. The van der Waals surface area contributed by atoms with Crippen LogP contribution in [0.5, 0.6) is 5.75 Å². The summed E-state index contributed by atoms with van der Waals surface area (Å²) in [5, 5.41) is 2.85. The molecule has 0 fully saturated rings. The molecule has 1 amide bonds. The minimum atomic E-state index is -0.428. The van der Waals surface area contributed by atoms with E-state index >= 15 is 0 Å². The molecule has 0 aromatic heterocycles. The van der Waals surface area contributed by atoms with Gasteiger partial charge in [0.05, 0.1) is 12.6 Å². The molecule has 0 radical (unpaired) electrons. The predicted octanol–water partition coefficient (Wildman–Crippen LogP) is 2.20. The third-order valence-corrected chi connectivity index (χ3v) is 3.29. The molecule has 0 heterocycles. The highest BCUT2D eigenvalue weighted by Gasteiger charge is 2.12. The Kier molecular flexibility index (Phi) is 10.3. The monoisotopic (exact) mass is 318 g/mol. The molecule has 20 heavy (non-hydrogen) atoms. The summed E-state index contributed by atoms with van der Waals surface area (Å²) in [5.41, 5.74) is 6.81. The Morgan fingerprint density at radius 3 is 2.90 bits per heavy atom. The summed E-state index contributed by atoms with van der Waals surface area (Å²) in [6.45, 7) is 3.06. The number of rotatable bonds is 8. The van der Waals surface area contributed by atoms with E-state index in [4.69, 9.17) is 10.5 Å². The van der Waals surface area contributed by atoms with Crippen molar-refractivity contribution in [1.29, 1.82) is 0 Å². The van der Waals surface area contributed by atoms with Gasteiger partial charge in [0.1, 0.15) is 5.75 Å². The molecule has 0 aliphatic heterocycles. The number of nitrogens with two attached hydrogens (primary N) is 1. The van der Waals surface area contributed by atoms with Crippen LogP contribution < -0.4 is 15.8 Å². The van der Waals surface area contributed by atoms with Gasteiger partial charge in [-0.05, 0) is 43.0 Å². The minimum Gasteiger partial charge on any atom is -0.494 e. The topological polar surface area (TPSA) is 64.3 Å². The van der Waals surface area contributed by atoms with E-state index in [-0.39, 0.29) is 18.3 Å². The van der Waals surface area contributed by atoms with E-state index in [2.05, 4.69) is 5.32 Å². The molecule has 0 aliphatic carbocycles. The summed E-state index contributed by atoms with van der Waals surface area (Å²) < 4.78 is 5.41. The van der Waals surface area contributed by atoms with Crippen LogP contribution in [0.2, 0.25) is 0 Å². The Hall–Kier alpha value is -0.910. The van der Waals surface area contributed by atoms with Crippen LogP contribution >= 0.6 is 24.2 Å². The van der Waals surface area contributed by atoms with Gasteiger partial charge in [-0.25, -0.2) is 0 Å².